The van der Waals surface area contributed by atoms with E-state index in [2.05, 4.69) is 17.1 Å². The number of anilines is 1. The number of nitrogens with one attached hydrogen (secondary N) is 1. The third-order valence-corrected chi connectivity index (χ3v) is 3.58. The maximum atomic E-state index is 12.3. The summed E-state index contributed by atoms with van der Waals surface area (Å²) in [6.45, 7) is 5.65. The largest absolute Gasteiger partial charge is 0.395 e. The van der Waals surface area contributed by atoms with Crippen molar-refractivity contribution >= 4 is 11.6 Å². The Kier molecular flexibility index (Phi) is 3.36. The summed E-state index contributed by atoms with van der Waals surface area (Å²) in [5.41, 5.74) is 7.45. The number of carbonyl (C=O) groups is 1. The third kappa shape index (κ3) is 2.28. The highest BCUT2D eigenvalue weighted by Crippen LogP contribution is 2.22. The van der Waals surface area contributed by atoms with Crippen LogP contribution < -0.4 is 5.73 Å². The van der Waals surface area contributed by atoms with Gasteiger partial charge in [0.05, 0.1) is 11.4 Å². The van der Waals surface area contributed by atoms with Crippen LogP contribution in [-0.4, -0.2) is 34.1 Å². The van der Waals surface area contributed by atoms with Crippen molar-refractivity contribution in [1.29, 1.82) is 0 Å². The number of carbonyl (C=O) groups excluding carboxylic acids is 1. The highest BCUT2D eigenvalue weighted by atomic mass is 16.2. The van der Waals surface area contributed by atoms with E-state index in [0.29, 0.717) is 17.3 Å². The molecule has 1 aliphatic rings. The molecule has 0 spiro atoms. The molecule has 1 saturated heterocycles. The molecule has 94 valence electrons. The molecule has 0 aromatic carbocycles. The van der Waals surface area contributed by atoms with E-state index < -0.39 is 0 Å². The summed E-state index contributed by atoms with van der Waals surface area (Å²) in [6, 6.07) is 0. The molecule has 1 amide bonds. The summed E-state index contributed by atoms with van der Waals surface area (Å²) in [5.74, 6) is 0.582. The zero-order valence-corrected chi connectivity index (χ0v) is 10.5. The zero-order valence-electron chi connectivity index (χ0n) is 10.5. The fraction of sp³-hybridized carbons (Fsp3) is 0.667. The summed E-state index contributed by atoms with van der Waals surface area (Å²) < 4.78 is 0. The number of piperidine rings is 1. The number of rotatable bonds is 2. The van der Waals surface area contributed by atoms with Gasteiger partial charge in [-0.15, -0.1) is 0 Å². The molecule has 1 unspecified atom stereocenters. The molecule has 0 radical (unpaired) electrons. The molecule has 1 atom stereocenters. The molecule has 0 aliphatic carbocycles. The van der Waals surface area contributed by atoms with E-state index in [1.807, 2.05) is 11.8 Å². The summed E-state index contributed by atoms with van der Waals surface area (Å²) in [6.07, 6.45) is 3.42. The maximum absolute atomic E-state index is 12.3. The lowest BCUT2D eigenvalue weighted by molar-refractivity contribution is 0.0666. The molecule has 1 aliphatic heterocycles. The molecular weight excluding hydrogens is 216 g/mol. The van der Waals surface area contributed by atoms with Crippen molar-refractivity contribution in [3.8, 4) is 0 Å². The fourth-order valence-electron chi connectivity index (χ4n) is 2.33. The topological polar surface area (TPSA) is 75.0 Å². The Morgan fingerprint density at radius 1 is 1.65 bits per heavy atom. The van der Waals surface area contributed by atoms with E-state index in [0.717, 1.165) is 31.6 Å². The molecule has 2 heterocycles. The molecule has 5 nitrogen and oxygen atoms in total. The molecular formula is C12H20N4O. The van der Waals surface area contributed by atoms with E-state index >= 15 is 0 Å². The molecule has 17 heavy (non-hydrogen) atoms. The second kappa shape index (κ2) is 4.77. The first-order valence-corrected chi connectivity index (χ1v) is 6.23. The van der Waals surface area contributed by atoms with Crippen molar-refractivity contribution in [3.63, 3.8) is 0 Å². The number of hydrogen-bond acceptors (Lipinski definition) is 3. The Bertz CT molecular complexity index is 413. The number of aromatic nitrogens is 2. The van der Waals surface area contributed by atoms with Crippen molar-refractivity contribution in [2.75, 3.05) is 18.8 Å². The van der Waals surface area contributed by atoms with Gasteiger partial charge in [0.25, 0.3) is 5.91 Å². The van der Waals surface area contributed by atoms with Gasteiger partial charge >= 0.3 is 0 Å². The summed E-state index contributed by atoms with van der Waals surface area (Å²) >= 11 is 0. The Labute approximate surface area is 101 Å². The monoisotopic (exact) mass is 236 g/mol. The van der Waals surface area contributed by atoms with Crippen LogP contribution in [0.15, 0.2) is 0 Å². The van der Waals surface area contributed by atoms with Gasteiger partial charge in [-0.1, -0.05) is 13.3 Å². The van der Waals surface area contributed by atoms with Gasteiger partial charge in [0, 0.05) is 13.1 Å². The Hall–Kier alpha value is -1.52. The van der Waals surface area contributed by atoms with Crippen LogP contribution in [0.2, 0.25) is 0 Å². The summed E-state index contributed by atoms with van der Waals surface area (Å²) in [5, 5.41) is 6.76. The molecule has 0 bridgehead atoms. The average Bonchev–Trinajstić information content (AvgIpc) is 2.69. The van der Waals surface area contributed by atoms with Crippen LogP contribution in [-0.2, 0) is 0 Å². The average molecular weight is 236 g/mol. The van der Waals surface area contributed by atoms with E-state index in [4.69, 9.17) is 5.73 Å². The van der Waals surface area contributed by atoms with Gasteiger partial charge in [-0.2, -0.15) is 5.10 Å². The van der Waals surface area contributed by atoms with Gasteiger partial charge in [0.15, 0.2) is 5.69 Å². The highest BCUT2D eigenvalue weighted by Gasteiger charge is 2.26. The van der Waals surface area contributed by atoms with Crippen LogP contribution in [0.4, 0.5) is 5.69 Å². The number of nitrogens with zero attached hydrogens (tertiary/aromatic N) is 2. The number of aryl methyl sites for hydroxylation is 1. The Morgan fingerprint density at radius 3 is 3.00 bits per heavy atom. The van der Waals surface area contributed by atoms with Crippen LogP contribution in [0.5, 0.6) is 0 Å². The minimum atomic E-state index is -0.0370. The number of hydrogen-bond donors (Lipinski definition) is 2. The lowest BCUT2D eigenvalue weighted by Crippen LogP contribution is -2.40. The Balaban J connectivity index is 2.12. The lowest BCUT2D eigenvalue weighted by atomic mass is 9.95. The third-order valence-electron chi connectivity index (χ3n) is 3.58. The van der Waals surface area contributed by atoms with Gasteiger partial charge in [-0.05, 0) is 25.7 Å². The van der Waals surface area contributed by atoms with Gasteiger partial charge in [0.2, 0.25) is 0 Å². The van der Waals surface area contributed by atoms with Gasteiger partial charge < -0.3 is 10.6 Å². The fourth-order valence-corrected chi connectivity index (χ4v) is 2.33. The minimum absolute atomic E-state index is 0.0370. The van der Waals surface area contributed by atoms with Crippen molar-refractivity contribution in [2.24, 2.45) is 5.92 Å². The number of amides is 1. The molecule has 2 rings (SSSR count). The molecule has 5 heteroatoms. The summed E-state index contributed by atoms with van der Waals surface area (Å²) in [7, 11) is 0. The lowest BCUT2D eigenvalue weighted by Gasteiger charge is -2.31. The predicted octanol–water partition coefficient (Wildman–Crippen LogP) is 1.56. The van der Waals surface area contributed by atoms with Crippen molar-refractivity contribution < 1.29 is 4.79 Å². The first kappa shape index (κ1) is 12.0. The molecule has 1 fully saturated rings. The first-order chi connectivity index (χ1) is 8.13. The van der Waals surface area contributed by atoms with Gasteiger partial charge in [0.1, 0.15) is 0 Å². The van der Waals surface area contributed by atoms with Gasteiger partial charge in [-0.25, -0.2) is 0 Å². The molecule has 3 N–H and O–H groups in total. The van der Waals surface area contributed by atoms with Crippen LogP contribution in [0, 0.1) is 12.8 Å². The van der Waals surface area contributed by atoms with Crippen LogP contribution >= 0.6 is 0 Å². The molecule has 1 aromatic heterocycles. The smallest absolute Gasteiger partial charge is 0.276 e. The van der Waals surface area contributed by atoms with Crippen molar-refractivity contribution in [2.45, 2.75) is 33.1 Å². The zero-order chi connectivity index (χ0) is 12.4. The van der Waals surface area contributed by atoms with Crippen molar-refractivity contribution in [3.05, 3.63) is 11.4 Å². The number of nitrogen functional groups attached to an aromatic ring is 1. The standard InChI is InChI=1S/C12H20N4O/c1-3-9-5-4-6-16(7-9)12(17)11-10(13)8(2)14-15-11/h9H,3-7,13H2,1-2H3,(H,14,15). The van der Waals surface area contributed by atoms with Crippen LogP contribution in [0.25, 0.3) is 0 Å². The maximum Gasteiger partial charge on any atom is 0.276 e. The number of likely N-dealkylation sites (tertiary alicyclic amines) is 1. The predicted molar refractivity (Wildman–Crippen MR) is 66.7 cm³/mol. The second-order valence-electron chi connectivity index (χ2n) is 4.78. The van der Waals surface area contributed by atoms with E-state index in [1.54, 1.807) is 0 Å². The van der Waals surface area contributed by atoms with E-state index in [-0.39, 0.29) is 5.91 Å². The number of H-pyrrole nitrogens is 1. The SMILES string of the molecule is CCC1CCCN(C(=O)c2n[nH]c(C)c2N)C1. The van der Waals surface area contributed by atoms with E-state index in [1.165, 1.54) is 6.42 Å². The second-order valence-corrected chi connectivity index (χ2v) is 4.78. The molecule has 1 aromatic rings. The van der Waals surface area contributed by atoms with Crippen molar-refractivity contribution in [1.82, 2.24) is 15.1 Å². The van der Waals surface area contributed by atoms with Crippen LogP contribution in [0.1, 0.15) is 42.4 Å². The Morgan fingerprint density at radius 2 is 2.41 bits per heavy atom. The minimum Gasteiger partial charge on any atom is -0.395 e. The quantitative estimate of drug-likeness (QED) is 0.818. The number of nitrogens with two attached hydrogens (primary N) is 1. The normalized spacial score (nSPS) is 20.6. The van der Waals surface area contributed by atoms with Crippen LogP contribution in [0.3, 0.4) is 0 Å². The summed E-state index contributed by atoms with van der Waals surface area (Å²) in [4.78, 5) is 14.1. The van der Waals surface area contributed by atoms with Gasteiger partial charge in [-0.3, -0.25) is 9.89 Å². The first-order valence-electron chi connectivity index (χ1n) is 6.23. The number of aromatic amines is 1. The van der Waals surface area contributed by atoms with E-state index in [9.17, 15) is 4.79 Å². The highest BCUT2D eigenvalue weighted by molar-refractivity contribution is 5.97. The molecule has 0 saturated carbocycles.